The van der Waals surface area contributed by atoms with Gasteiger partial charge in [-0.25, -0.2) is 0 Å². The molecule has 2 amide bonds. The number of nitrogens with one attached hydrogen (secondary N) is 1. The third-order valence-electron chi connectivity index (χ3n) is 5.40. The minimum atomic E-state index is -0.180. The zero-order valence-electron chi connectivity index (χ0n) is 16.6. The fourth-order valence-corrected chi connectivity index (χ4v) is 3.81. The number of hydrogen-bond acceptors (Lipinski definition) is 4. The summed E-state index contributed by atoms with van der Waals surface area (Å²) in [6, 6.07) is 12.8. The first kappa shape index (κ1) is 19.5. The lowest BCUT2D eigenvalue weighted by Gasteiger charge is -2.19. The molecule has 1 unspecified atom stereocenters. The van der Waals surface area contributed by atoms with Crippen LogP contribution in [0.25, 0.3) is 0 Å². The fourth-order valence-electron chi connectivity index (χ4n) is 3.81. The lowest BCUT2D eigenvalue weighted by Crippen LogP contribution is -2.24. The lowest BCUT2D eigenvalue weighted by atomic mass is 10.1. The van der Waals surface area contributed by atoms with Crippen LogP contribution < -0.4 is 15.0 Å². The molecule has 0 spiro atoms. The maximum atomic E-state index is 12.6. The summed E-state index contributed by atoms with van der Waals surface area (Å²) < 4.78 is 11.3. The molecule has 0 bridgehead atoms. The van der Waals surface area contributed by atoms with Crippen molar-refractivity contribution >= 4 is 23.2 Å². The first-order chi connectivity index (χ1) is 14.1. The van der Waals surface area contributed by atoms with E-state index >= 15 is 0 Å². The Kier molecular flexibility index (Phi) is 5.81. The highest BCUT2D eigenvalue weighted by atomic mass is 16.5. The van der Waals surface area contributed by atoms with Gasteiger partial charge in [-0.05, 0) is 74.2 Å². The van der Waals surface area contributed by atoms with Crippen LogP contribution in [0, 0.1) is 6.92 Å². The number of benzene rings is 2. The van der Waals surface area contributed by atoms with Gasteiger partial charge in [0.25, 0.3) is 5.91 Å². The highest BCUT2D eigenvalue weighted by Crippen LogP contribution is 2.27. The molecule has 0 radical (unpaired) electrons. The molecule has 29 heavy (non-hydrogen) atoms. The van der Waals surface area contributed by atoms with E-state index in [1.807, 2.05) is 30.0 Å². The molecular weight excluding hydrogens is 368 g/mol. The molecule has 2 aliphatic rings. The van der Waals surface area contributed by atoms with Gasteiger partial charge in [-0.1, -0.05) is 0 Å². The Bertz CT molecular complexity index is 888. The number of carbonyl (C=O) groups is 2. The largest absolute Gasteiger partial charge is 0.491 e. The van der Waals surface area contributed by atoms with Gasteiger partial charge in [-0.2, -0.15) is 0 Å². The molecule has 0 aromatic heterocycles. The van der Waals surface area contributed by atoms with Crippen LogP contribution in [0.1, 0.15) is 41.6 Å². The molecule has 2 aliphatic heterocycles. The van der Waals surface area contributed by atoms with Gasteiger partial charge in [-0.3, -0.25) is 9.59 Å². The zero-order chi connectivity index (χ0) is 20.2. The topological polar surface area (TPSA) is 67.9 Å². The zero-order valence-corrected chi connectivity index (χ0v) is 16.6. The number of amides is 2. The van der Waals surface area contributed by atoms with Crippen molar-refractivity contribution in [3.05, 3.63) is 53.6 Å². The average Bonchev–Trinajstić information content (AvgIpc) is 3.39. The summed E-state index contributed by atoms with van der Waals surface area (Å²) in [5, 5.41) is 2.92. The molecular formula is C23H26N2O4. The Morgan fingerprint density at radius 3 is 2.69 bits per heavy atom. The summed E-state index contributed by atoms with van der Waals surface area (Å²) in [6.45, 7) is 4.06. The van der Waals surface area contributed by atoms with E-state index in [2.05, 4.69) is 5.32 Å². The maximum absolute atomic E-state index is 12.6. The minimum Gasteiger partial charge on any atom is -0.491 e. The van der Waals surface area contributed by atoms with Crippen LogP contribution in [0.3, 0.4) is 0 Å². The van der Waals surface area contributed by atoms with Crippen molar-refractivity contribution < 1.29 is 19.1 Å². The fraction of sp³-hybridized carbons (Fsp3) is 0.391. The van der Waals surface area contributed by atoms with E-state index in [0.717, 1.165) is 49.4 Å². The third kappa shape index (κ3) is 4.59. The van der Waals surface area contributed by atoms with Crippen LogP contribution in [-0.4, -0.2) is 37.7 Å². The van der Waals surface area contributed by atoms with Gasteiger partial charge in [0.1, 0.15) is 12.4 Å². The maximum Gasteiger partial charge on any atom is 0.255 e. The number of carbonyl (C=O) groups excluding carboxylic acids is 2. The van der Waals surface area contributed by atoms with Crippen LogP contribution >= 0.6 is 0 Å². The Labute approximate surface area is 170 Å². The molecule has 2 aromatic carbocycles. The molecule has 0 saturated carbocycles. The number of aryl methyl sites for hydroxylation is 1. The Balaban J connectivity index is 1.36. The van der Waals surface area contributed by atoms with Gasteiger partial charge in [0.15, 0.2) is 0 Å². The van der Waals surface area contributed by atoms with Crippen LogP contribution in [0.2, 0.25) is 0 Å². The quantitative estimate of drug-likeness (QED) is 0.806. The molecule has 0 aliphatic carbocycles. The van der Waals surface area contributed by atoms with Gasteiger partial charge >= 0.3 is 0 Å². The van der Waals surface area contributed by atoms with E-state index < -0.39 is 0 Å². The smallest absolute Gasteiger partial charge is 0.255 e. The molecule has 2 heterocycles. The molecule has 2 aromatic rings. The predicted octanol–water partition coefficient (Wildman–Crippen LogP) is 3.93. The monoisotopic (exact) mass is 394 g/mol. The molecule has 1 atom stereocenters. The van der Waals surface area contributed by atoms with Crippen molar-refractivity contribution in [2.45, 2.75) is 38.7 Å². The number of hydrogen-bond donors (Lipinski definition) is 1. The molecule has 6 heteroatoms. The highest BCUT2D eigenvalue weighted by molar-refractivity contribution is 6.04. The lowest BCUT2D eigenvalue weighted by molar-refractivity contribution is -0.117. The first-order valence-electron chi connectivity index (χ1n) is 10.2. The number of nitrogens with zero attached hydrogens (tertiary/aromatic N) is 1. The summed E-state index contributed by atoms with van der Waals surface area (Å²) in [7, 11) is 0. The standard InChI is InChI=1S/C23H26N2O4/c1-16-14-18(8-11-21(16)25-12-2-5-22(25)26)24-23(27)17-6-9-19(10-7-17)29-15-20-4-3-13-28-20/h6-11,14,20H,2-5,12-13,15H2,1H3,(H,24,27). The Hall–Kier alpha value is -2.86. The normalized spacial score (nSPS) is 18.9. The van der Waals surface area contributed by atoms with Gasteiger partial charge in [0.05, 0.1) is 6.10 Å². The third-order valence-corrected chi connectivity index (χ3v) is 5.40. The van der Waals surface area contributed by atoms with Crippen molar-refractivity contribution in [3.8, 4) is 5.75 Å². The van der Waals surface area contributed by atoms with E-state index in [1.54, 1.807) is 24.3 Å². The van der Waals surface area contributed by atoms with Crippen molar-refractivity contribution in [3.63, 3.8) is 0 Å². The molecule has 2 fully saturated rings. The highest BCUT2D eigenvalue weighted by Gasteiger charge is 2.23. The number of ether oxygens (including phenoxy) is 2. The van der Waals surface area contributed by atoms with Crippen molar-refractivity contribution in [2.75, 3.05) is 30.0 Å². The van der Waals surface area contributed by atoms with Crippen LogP contribution in [0.4, 0.5) is 11.4 Å². The molecule has 152 valence electrons. The van der Waals surface area contributed by atoms with E-state index in [1.165, 1.54) is 0 Å². The number of anilines is 2. The van der Waals surface area contributed by atoms with E-state index in [9.17, 15) is 9.59 Å². The average molecular weight is 394 g/mol. The van der Waals surface area contributed by atoms with Gasteiger partial charge < -0.3 is 19.7 Å². The van der Waals surface area contributed by atoms with Crippen LogP contribution in [0.15, 0.2) is 42.5 Å². The second kappa shape index (κ2) is 8.66. The molecule has 1 N–H and O–H groups in total. The van der Waals surface area contributed by atoms with Crippen molar-refractivity contribution in [2.24, 2.45) is 0 Å². The molecule has 2 saturated heterocycles. The van der Waals surface area contributed by atoms with Crippen LogP contribution in [0.5, 0.6) is 5.75 Å². The number of rotatable bonds is 6. The molecule has 4 rings (SSSR count). The SMILES string of the molecule is Cc1cc(NC(=O)c2ccc(OCC3CCCO3)cc2)ccc1N1CCCC1=O. The first-order valence-corrected chi connectivity index (χ1v) is 10.2. The van der Waals surface area contributed by atoms with E-state index in [4.69, 9.17) is 9.47 Å². The predicted molar refractivity (Wildman–Crippen MR) is 112 cm³/mol. The Morgan fingerprint density at radius 1 is 1.21 bits per heavy atom. The second-order valence-corrected chi connectivity index (χ2v) is 7.57. The van der Waals surface area contributed by atoms with Gasteiger partial charge in [0.2, 0.25) is 5.91 Å². The van der Waals surface area contributed by atoms with Crippen LogP contribution in [-0.2, 0) is 9.53 Å². The molecule has 6 nitrogen and oxygen atoms in total. The summed E-state index contributed by atoms with van der Waals surface area (Å²) in [6.07, 6.45) is 3.78. The van der Waals surface area contributed by atoms with Crippen molar-refractivity contribution in [1.82, 2.24) is 0 Å². The summed E-state index contributed by atoms with van der Waals surface area (Å²) in [5.41, 5.74) is 3.15. The van der Waals surface area contributed by atoms with Gasteiger partial charge in [-0.15, -0.1) is 0 Å². The summed E-state index contributed by atoms with van der Waals surface area (Å²) in [4.78, 5) is 26.3. The van der Waals surface area contributed by atoms with Gasteiger partial charge in [0, 0.05) is 36.5 Å². The summed E-state index contributed by atoms with van der Waals surface area (Å²) in [5.74, 6) is 0.708. The van der Waals surface area contributed by atoms with Crippen molar-refractivity contribution in [1.29, 1.82) is 0 Å². The van der Waals surface area contributed by atoms with E-state index in [0.29, 0.717) is 24.3 Å². The minimum absolute atomic E-state index is 0.159. The Morgan fingerprint density at radius 2 is 2.03 bits per heavy atom. The second-order valence-electron chi connectivity index (χ2n) is 7.57. The van der Waals surface area contributed by atoms with E-state index in [-0.39, 0.29) is 17.9 Å². The summed E-state index contributed by atoms with van der Waals surface area (Å²) >= 11 is 0.